The lowest BCUT2D eigenvalue weighted by Gasteiger charge is -2.44. The molecular formula is C25H33FN4O2. The van der Waals surface area contributed by atoms with Crippen LogP contribution in [0.3, 0.4) is 0 Å². The molecule has 32 heavy (non-hydrogen) atoms. The van der Waals surface area contributed by atoms with Crippen LogP contribution in [0, 0.1) is 5.82 Å². The Morgan fingerprint density at radius 2 is 2.22 bits per heavy atom. The van der Waals surface area contributed by atoms with Crippen molar-refractivity contribution in [3.05, 3.63) is 65.2 Å². The molecule has 2 aromatic rings. The summed E-state index contributed by atoms with van der Waals surface area (Å²) in [5.74, 6) is -0.834. The maximum atomic E-state index is 15.0. The molecule has 1 saturated heterocycles. The molecule has 7 heteroatoms. The number of amides is 1. The number of halogens is 1. The molecule has 0 spiro atoms. The number of aliphatic hydroxyl groups is 1. The lowest BCUT2D eigenvalue weighted by molar-refractivity contribution is -0.0149. The molecule has 6 nitrogen and oxygen atoms in total. The fraction of sp³-hybridized carbons (Fsp3) is 0.520. The Kier molecular flexibility index (Phi) is 6.60. The van der Waals surface area contributed by atoms with Gasteiger partial charge in [-0.1, -0.05) is 12.1 Å². The lowest BCUT2D eigenvalue weighted by atomic mass is 9.69. The van der Waals surface area contributed by atoms with Crippen LogP contribution in [-0.4, -0.2) is 51.2 Å². The molecule has 1 aliphatic carbocycles. The zero-order valence-electron chi connectivity index (χ0n) is 18.8. The van der Waals surface area contributed by atoms with Crippen LogP contribution in [0.5, 0.6) is 0 Å². The number of likely N-dealkylation sites (tertiary alicyclic amines) is 1. The highest BCUT2D eigenvalue weighted by Crippen LogP contribution is 2.41. The van der Waals surface area contributed by atoms with Gasteiger partial charge in [-0.3, -0.25) is 14.7 Å². The molecule has 1 aromatic heterocycles. The molecule has 2 fully saturated rings. The topological polar surface area (TPSA) is 91.5 Å². The van der Waals surface area contributed by atoms with E-state index < -0.39 is 11.6 Å². The average molecular weight is 441 g/mol. The fourth-order valence-electron chi connectivity index (χ4n) is 5.21. The Morgan fingerprint density at radius 1 is 1.41 bits per heavy atom. The standard InChI is InChI=1S/C25H33FN4O2/c1-16-5-4-10-30(16)15-19-8-7-17(11-21(19)26)20-12-23(22(27)13-25(20,2)32)29-24(31)18-6-3-9-28-14-18/h3,6-9,11,14,16,20,22-23,32H,4-5,10,12-13,15,27H2,1-2H3,(H,29,31)/t16-,20-,22-,23-,25-/m1/s1. The molecule has 172 valence electrons. The Hall–Kier alpha value is -2.35. The van der Waals surface area contributed by atoms with E-state index >= 15 is 4.39 Å². The third-order valence-electron chi connectivity index (χ3n) is 7.19. The van der Waals surface area contributed by atoms with E-state index in [2.05, 4.69) is 22.1 Å². The minimum Gasteiger partial charge on any atom is -0.389 e. The van der Waals surface area contributed by atoms with Crippen molar-refractivity contribution in [2.75, 3.05) is 6.54 Å². The predicted octanol–water partition coefficient (Wildman–Crippen LogP) is 2.96. The lowest BCUT2D eigenvalue weighted by Crippen LogP contribution is -2.57. The van der Waals surface area contributed by atoms with Crippen LogP contribution in [0.1, 0.15) is 66.9 Å². The van der Waals surface area contributed by atoms with E-state index in [-0.39, 0.29) is 23.7 Å². The molecule has 1 amide bonds. The first-order valence-corrected chi connectivity index (χ1v) is 11.5. The number of hydrogen-bond acceptors (Lipinski definition) is 5. The highest BCUT2D eigenvalue weighted by Gasteiger charge is 2.44. The summed E-state index contributed by atoms with van der Waals surface area (Å²) in [5.41, 5.74) is 7.09. The first kappa shape index (κ1) is 22.8. The maximum Gasteiger partial charge on any atom is 0.253 e. The van der Waals surface area contributed by atoms with Gasteiger partial charge in [0.05, 0.1) is 11.2 Å². The first-order chi connectivity index (χ1) is 15.2. The van der Waals surface area contributed by atoms with E-state index in [0.717, 1.165) is 24.9 Å². The average Bonchev–Trinajstić information content (AvgIpc) is 3.16. The summed E-state index contributed by atoms with van der Waals surface area (Å²) < 4.78 is 15.0. The van der Waals surface area contributed by atoms with Crippen LogP contribution in [0.4, 0.5) is 4.39 Å². The minimum atomic E-state index is -1.09. The van der Waals surface area contributed by atoms with E-state index in [1.807, 2.05) is 12.1 Å². The van der Waals surface area contributed by atoms with Gasteiger partial charge in [-0.05, 0) is 69.8 Å². The number of nitrogens with one attached hydrogen (secondary N) is 1. The normalized spacial score (nSPS) is 30.9. The smallest absolute Gasteiger partial charge is 0.253 e. The first-order valence-electron chi connectivity index (χ1n) is 11.5. The Balaban J connectivity index is 1.50. The molecule has 0 unspecified atom stereocenters. The molecule has 1 aromatic carbocycles. The van der Waals surface area contributed by atoms with Gasteiger partial charge < -0.3 is 16.2 Å². The summed E-state index contributed by atoms with van der Waals surface area (Å²) in [5, 5.41) is 14.1. The quantitative estimate of drug-likeness (QED) is 0.665. The van der Waals surface area contributed by atoms with Crippen molar-refractivity contribution >= 4 is 5.91 Å². The molecule has 0 radical (unpaired) electrons. The molecular weight excluding hydrogens is 407 g/mol. The summed E-state index contributed by atoms with van der Waals surface area (Å²) in [6.07, 6.45) is 6.16. The number of nitrogens with zero attached hydrogens (tertiary/aromatic N) is 2. The van der Waals surface area contributed by atoms with Crippen molar-refractivity contribution in [3.8, 4) is 0 Å². The molecule has 1 aliphatic heterocycles. The van der Waals surface area contributed by atoms with Crippen molar-refractivity contribution in [1.29, 1.82) is 0 Å². The largest absolute Gasteiger partial charge is 0.389 e. The van der Waals surface area contributed by atoms with Gasteiger partial charge >= 0.3 is 0 Å². The highest BCUT2D eigenvalue weighted by molar-refractivity contribution is 5.94. The van der Waals surface area contributed by atoms with E-state index in [4.69, 9.17) is 5.73 Å². The van der Waals surface area contributed by atoms with Crippen LogP contribution in [0.25, 0.3) is 0 Å². The van der Waals surface area contributed by atoms with E-state index in [1.165, 1.54) is 6.20 Å². The van der Waals surface area contributed by atoms with Crippen molar-refractivity contribution in [2.24, 2.45) is 5.73 Å². The van der Waals surface area contributed by atoms with E-state index in [0.29, 0.717) is 36.6 Å². The molecule has 0 bridgehead atoms. The van der Waals surface area contributed by atoms with Crippen molar-refractivity contribution < 1.29 is 14.3 Å². The van der Waals surface area contributed by atoms with Gasteiger partial charge in [0.1, 0.15) is 5.82 Å². The van der Waals surface area contributed by atoms with E-state index in [9.17, 15) is 9.90 Å². The van der Waals surface area contributed by atoms with Crippen LogP contribution in [0.2, 0.25) is 0 Å². The molecule has 2 heterocycles. The Bertz CT molecular complexity index is 952. The monoisotopic (exact) mass is 440 g/mol. The van der Waals surface area contributed by atoms with Crippen molar-refractivity contribution in [1.82, 2.24) is 15.2 Å². The zero-order valence-corrected chi connectivity index (χ0v) is 18.8. The fourth-order valence-corrected chi connectivity index (χ4v) is 5.21. The number of benzene rings is 1. The Labute approximate surface area is 189 Å². The van der Waals surface area contributed by atoms with Crippen LogP contribution in [0.15, 0.2) is 42.7 Å². The molecule has 1 saturated carbocycles. The third kappa shape index (κ3) is 4.85. The second-order valence-electron chi connectivity index (χ2n) is 9.65. The van der Waals surface area contributed by atoms with Crippen molar-refractivity contribution in [2.45, 2.75) is 75.7 Å². The van der Waals surface area contributed by atoms with Gasteiger partial charge in [0.2, 0.25) is 0 Å². The maximum absolute atomic E-state index is 15.0. The highest BCUT2D eigenvalue weighted by atomic mass is 19.1. The molecule has 4 rings (SSSR count). The van der Waals surface area contributed by atoms with Gasteiger partial charge in [0, 0.05) is 48.5 Å². The number of nitrogens with two attached hydrogens (primary N) is 1. The van der Waals surface area contributed by atoms with Crippen molar-refractivity contribution in [3.63, 3.8) is 0 Å². The van der Waals surface area contributed by atoms with Gasteiger partial charge in [-0.15, -0.1) is 0 Å². The number of rotatable bonds is 5. The molecule has 2 aliphatic rings. The van der Waals surface area contributed by atoms with Gasteiger partial charge in [0.25, 0.3) is 5.91 Å². The summed E-state index contributed by atoms with van der Waals surface area (Å²) in [6.45, 7) is 5.52. The number of aromatic nitrogens is 1. The minimum absolute atomic E-state index is 0.247. The van der Waals surface area contributed by atoms with E-state index in [1.54, 1.807) is 31.3 Å². The number of carbonyl (C=O) groups is 1. The molecule has 5 atom stereocenters. The predicted molar refractivity (Wildman–Crippen MR) is 122 cm³/mol. The number of carbonyl (C=O) groups excluding carboxylic acids is 1. The second-order valence-corrected chi connectivity index (χ2v) is 9.65. The SMILES string of the molecule is C[C@@H]1CCCN1Cc1ccc([C@H]2C[C@@H](NC(=O)c3cccnc3)[C@H](N)C[C@@]2(C)O)cc1F. The summed E-state index contributed by atoms with van der Waals surface area (Å²) in [4.78, 5) is 18.9. The van der Waals surface area contributed by atoms with Gasteiger partial charge in [-0.25, -0.2) is 4.39 Å². The second kappa shape index (κ2) is 9.25. The van der Waals surface area contributed by atoms with Crippen LogP contribution < -0.4 is 11.1 Å². The van der Waals surface area contributed by atoms with Crippen LogP contribution in [-0.2, 0) is 6.54 Å². The Morgan fingerprint density at radius 3 is 2.88 bits per heavy atom. The third-order valence-corrected chi connectivity index (χ3v) is 7.19. The van der Waals surface area contributed by atoms with Crippen LogP contribution >= 0.6 is 0 Å². The summed E-state index contributed by atoms with van der Waals surface area (Å²) in [7, 11) is 0. The summed E-state index contributed by atoms with van der Waals surface area (Å²) >= 11 is 0. The summed E-state index contributed by atoms with van der Waals surface area (Å²) in [6, 6.07) is 8.43. The van der Waals surface area contributed by atoms with Gasteiger partial charge in [0.15, 0.2) is 0 Å². The molecule has 4 N–H and O–H groups in total. The zero-order chi connectivity index (χ0) is 22.9. The number of hydrogen-bond donors (Lipinski definition) is 3. The van der Waals surface area contributed by atoms with Gasteiger partial charge in [-0.2, -0.15) is 0 Å². The number of pyridine rings is 1.